The number of piperazine rings is 1. The largest absolute Gasteiger partial charge is 0.507 e. The van der Waals surface area contributed by atoms with Crippen LogP contribution in [0.3, 0.4) is 0 Å². The van der Waals surface area contributed by atoms with Crippen LogP contribution in [0.2, 0.25) is 5.02 Å². The molecule has 1 saturated heterocycles. The highest BCUT2D eigenvalue weighted by atomic mass is 35.5. The zero-order valence-electron chi connectivity index (χ0n) is 14.1. The van der Waals surface area contributed by atoms with Crippen LogP contribution >= 0.6 is 36.4 Å². The summed E-state index contributed by atoms with van der Waals surface area (Å²) in [5.41, 5.74) is 1.85. The van der Waals surface area contributed by atoms with E-state index >= 15 is 0 Å². The minimum atomic E-state index is 0. The van der Waals surface area contributed by atoms with Crippen molar-refractivity contribution in [2.75, 3.05) is 26.2 Å². The van der Waals surface area contributed by atoms with Gasteiger partial charge < -0.3 is 10.4 Å². The average Bonchev–Trinajstić information content (AvgIpc) is 2.45. The van der Waals surface area contributed by atoms with Gasteiger partial charge in [0.2, 0.25) is 0 Å². The lowest BCUT2D eigenvalue weighted by molar-refractivity contribution is 0.157. The Morgan fingerprint density at radius 1 is 1.17 bits per heavy atom. The molecule has 1 heterocycles. The molecule has 1 atom stereocenters. The fourth-order valence-electron chi connectivity index (χ4n) is 3.04. The quantitative estimate of drug-likeness (QED) is 0.781. The summed E-state index contributed by atoms with van der Waals surface area (Å²) < 4.78 is 0. The molecule has 23 heavy (non-hydrogen) atoms. The first kappa shape index (κ1) is 22.8. The zero-order valence-corrected chi connectivity index (χ0v) is 16.5. The van der Waals surface area contributed by atoms with E-state index in [1.165, 1.54) is 0 Å². The summed E-state index contributed by atoms with van der Waals surface area (Å²) in [5.74, 6) is 1.07. The number of hydrogen-bond donors (Lipinski definition) is 2. The van der Waals surface area contributed by atoms with Gasteiger partial charge in [-0.05, 0) is 43.4 Å². The number of aromatic hydroxyl groups is 1. The van der Waals surface area contributed by atoms with E-state index in [-0.39, 0.29) is 30.9 Å². The van der Waals surface area contributed by atoms with Crippen LogP contribution in [-0.4, -0.2) is 36.2 Å². The van der Waals surface area contributed by atoms with Gasteiger partial charge in [-0.25, -0.2) is 0 Å². The van der Waals surface area contributed by atoms with Crippen LogP contribution < -0.4 is 5.32 Å². The molecule has 0 spiro atoms. The second-order valence-corrected chi connectivity index (χ2v) is 6.87. The second kappa shape index (κ2) is 10.6. The molecule has 0 bridgehead atoms. The zero-order chi connectivity index (χ0) is 15.4. The van der Waals surface area contributed by atoms with Gasteiger partial charge in [0.15, 0.2) is 0 Å². The minimum Gasteiger partial charge on any atom is -0.507 e. The van der Waals surface area contributed by atoms with Crippen LogP contribution in [0, 0.1) is 12.8 Å². The van der Waals surface area contributed by atoms with Crippen molar-refractivity contribution >= 4 is 36.4 Å². The molecule has 1 aliphatic rings. The Balaban J connectivity index is 0.00000242. The van der Waals surface area contributed by atoms with Crippen LogP contribution in [0.5, 0.6) is 5.75 Å². The van der Waals surface area contributed by atoms with Crippen molar-refractivity contribution in [3.63, 3.8) is 0 Å². The molecule has 1 aromatic rings. The molecule has 1 aliphatic heterocycles. The molecule has 1 fully saturated rings. The number of rotatable bonds is 5. The third kappa shape index (κ3) is 6.32. The van der Waals surface area contributed by atoms with Gasteiger partial charge in [-0.2, -0.15) is 0 Å². The summed E-state index contributed by atoms with van der Waals surface area (Å²) in [5, 5.41) is 14.6. The summed E-state index contributed by atoms with van der Waals surface area (Å²) in [4.78, 5) is 2.48. The second-order valence-electron chi connectivity index (χ2n) is 6.43. The number of phenolic OH excluding ortho intramolecular Hbond substituents is 1. The number of aryl methyl sites for hydroxylation is 1. The number of benzene rings is 1. The third-order valence-electron chi connectivity index (χ3n) is 4.26. The van der Waals surface area contributed by atoms with Crippen LogP contribution in [0.15, 0.2) is 12.1 Å². The SMILES string of the molecule is Cc1cc(Cl)cc([C@H](CCC(C)C)N2CCNCC2)c1O.Cl.Cl. The fraction of sp³-hybridized carbons (Fsp3) is 0.647. The number of phenols is 1. The van der Waals surface area contributed by atoms with Crippen LogP contribution in [0.25, 0.3) is 0 Å². The van der Waals surface area contributed by atoms with Crippen molar-refractivity contribution in [3.05, 3.63) is 28.3 Å². The van der Waals surface area contributed by atoms with Crippen molar-refractivity contribution in [1.82, 2.24) is 10.2 Å². The van der Waals surface area contributed by atoms with Gasteiger partial charge in [-0.1, -0.05) is 25.4 Å². The summed E-state index contributed by atoms with van der Waals surface area (Å²) >= 11 is 6.23. The monoisotopic (exact) mass is 382 g/mol. The summed E-state index contributed by atoms with van der Waals surface area (Å²) in [6.07, 6.45) is 2.21. The van der Waals surface area contributed by atoms with Crippen molar-refractivity contribution < 1.29 is 5.11 Å². The lowest BCUT2D eigenvalue weighted by atomic mass is 9.94. The van der Waals surface area contributed by atoms with Crippen molar-refractivity contribution in [2.45, 2.75) is 39.7 Å². The van der Waals surface area contributed by atoms with Gasteiger partial charge in [-0.3, -0.25) is 4.90 Å². The van der Waals surface area contributed by atoms with Gasteiger partial charge in [-0.15, -0.1) is 24.8 Å². The van der Waals surface area contributed by atoms with Gasteiger partial charge in [0.1, 0.15) is 5.75 Å². The van der Waals surface area contributed by atoms with Crippen LogP contribution in [0.4, 0.5) is 0 Å². The molecule has 0 unspecified atom stereocenters. The molecule has 0 aliphatic carbocycles. The van der Waals surface area contributed by atoms with E-state index in [0.717, 1.165) is 50.1 Å². The predicted octanol–water partition coefficient (Wildman–Crippen LogP) is 4.58. The normalized spacial score (nSPS) is 16.6. The molecule has 2 rings (SSSR count). The molecule has 3 nitrogen and oxygen atoms in total. The molecule has 2 N–H and O–H groups in total. The van der Waals surface area contributed by atoms with E-state index in [1.54, 1.807) is 0 Å². The van der Waals surface area contributed by atoms with Gasteiger partial charge in [0, 0.05) is 42.8 Å². The first-order chi connectivity index (χ1) is 9.99. The molecular formula is C17H29Cl3N2O. The Labute approximate surface area is 157 Å². The number of nitrogens with zero attached hydrogens (tertiary/aromatic N) is 1. The van der Waals surface area contributed by atoms with E-state index in [0.29, 0.717) is 16.7 Å². The lowest BCUT2D eigenvalue weighted by Gasteiger charge is -2.36. The number of hydrogen-bond acceptors (Lipinski definition) is 3. The summed E-state index contributed by atoms with van der Waals surface area (Å²) in [6, 6.07) is 4.03. The smallest absolute Gasteiger partial charge is 0.123 e. The van der Waals surface area contributed by atoms with E-state index < -0.39 is 0 Å². The Kier molecular flexibility index (Phi) is 10.5. The van der Waals surface area contributed by atoms with Crippen molar-refractivity contribution in [2.24, 2.45) is 5.92 Å². The number of halogens is 3. The van der Waals surface area contributed by atoms with Crippen LogP contribution in [-0.2, 0) is 0 Å². The van der Waals surface area contributed by atoms with E-state index in [1.807, 2.05) is 19.1 Å². The standard InChI is InChI=1S/C17H27ClN2O.2ClH/c1-12(2)4-5-16(20-8-6-19-7-9-20)15-11-14(18)10-13(3)17(15)21;;/h10-12,16,19,21H,4-9H2,1-3H3;2*1H/t16-;;/m0../s1. The maximum atomic E-state index is 10.5. The van der Waals surface area contributed by atoms with Crippen molar-refractivity contribution in [1.29, 1.82) is 0 Å². The lowest BCUT2D eigenvalue weighted by Crippen LogP contribution is -2.45. The first-order valence-electron chi connectivity index (χ1n) is 7.92. The molecule has 0 radical (unpaired) electrons. The van der Waals surface area contributed by atoms with E-state index in [2.05, 4.69) is 24.1 Å². The highest BCUT2D eigenvalue weighted by Crippen LogP contribution is 2.37. The third-order valence-corrected chi connectivity index (χ3v) is 4.48. The molecule has 6 heteroatoms. The van der Waals surface area contributed by atoms with Crippen molar-refractivity contribution in [3.8, 4) is 5.75 Å². The molecule has 0 saturated carbocycles. The average molecular weight is 384 g/mol. The van der Waals surface area contributed by atoms with E-state index in [9.17, 15) is 5.11 Å². The molecule has 1 aromatic carbocycles. The molecule has 134 valence electrons. The predicted molar refractivity (Wildman–Crippen MR) is 104 cm³/mol. The van der Waals surface area contributed by atoms with Gasteiger partial charge >= 0.3 is 0 Å². The van der Waals surface area contributed by atoms with Gasteiger partial charge in [0.05, 0.1) is 0 Å². The number of nitrogens with one attached hydrogen (secondary N) is 1. The van der Waals surface area contributed by atoms with Gasteiger partial charge in [0.25, 0.3) is 0 Å². The topological polar surface area (TPSA) is 35.5 Å². The Morgan fingerprint density at radius 2 is 1.78 bits per heavy atom. The first-order valence-corrected chi connectivity index (χ1v) is 8.30. The Hall–Kier alpha value is -0.190. The molecular weight excluding hydrogens is 355 g/mol. The molecule has 0 amide bonds. The maximum absolute atomic E-state index is 10.5. The summed E-state index contributed by atoms with van der Waals surface area (Å²) in [6.45, 7) is 10.5. The Morgan fingerprint density at radius 3 is 2.35 bits per heavy atom. The molecule has 0 aromatic heterocycles. The minimum absolute atomic E-state index is 0. The highest BCUT2D eigenvalue weighted by molar-refractivity contribution is 6.30. The fourth-order valence-corrected chi connectivity index (χ4v) is 3.32. The maximum Gasteiger partial charge on any atom is 0.123 e. The highest BCUT2D eigenvalue weighted by Gasteiger charge is 2.25. The summed E-state index contributed by atoms with van der Waals surface area (Å²) in [7, 11) is 0. The van der Waals surface area contributed by atoms with E-state index in [4.69, 9.17) is 11.6 Å². The Bertz CT molecular complexity index is 477. The van der Waals surface area contributed by atoms with Crippen LogP contribution in [0.1, 0.15) is 43.9 Å².